The molecule has 1 heterocycles. The van der Waals surface area contributed by atoms with E-state index >= 15 is 0 Å². The zero-order valence-corrected chi connectivity index (χ0v) is 10.7. The normalized spacial score (nSPS) is 25.6. The Labute approximate surface area is 103 Å². The quantitative estimate of drug-likeness (QED) is 0.817. The molecule has 0 aromatic carbocycles. The van der Waals surface area contributed by atoms with Crippen molar-refractivity contribution in [3.8, 4) is 0 Å². The van der Waals surface area contributed by atoms with E-state index in [9.17, 15) is 5.11 Å². The van der Waals surface area contributed by atoms with E-state index in [1.807, 2.05) is 26.2 Å². The molecule has 0 bridgehead atoms. The van der Waals surface area contributed by atoms with Crippen molar-refractivity contribution in [3.63, 3.8) is 0 Å². The fraction of sp³-hybridized carbons (Fsp3) is 0.769. The van der Waals surface area contributed by atoms with Crippen LogP contribution in [-0.4, -0.2) is 33.7 Å². The lowest BCUT2D eigenvalue weighted by Gasteiger charge is -2.36. The molecule has 96 valence electrons. The molecule has 1 fully saturated rings. The smallest absolute Gasteiger partial charge is 0.0650 e. The topological polar surface area (TPSA) is 47.3 Å². The molecule has 2 rings (SSSR count). The molecule has 0 spiro atoms. The van der Waals surface area contributed by atoms with Crippen LogP contribution in [0.3, 0.4) is 0 Å². The van der Waals surface area contributed by atoms with E-state index in [0.29, 0.717) is 18.4 Å². The first-order valence-electron chi connectivity index (χ1n) is 6.45. The second-order valence-corrected chi connectivity index (χ2v) is 4.99. The second kappa shape index (κ2) is 5.65. The number of hydrogen-bond donors (Lipinski definition) is 1. The van der Waals surface area contributed by atoms with Crippen molar-refractivity contribution < 1.29 is 9.84 Å². The maximum Gasteiger partial charge on any atom is 0.0650 e. The molecule has 1 aliphatic carbocycles. The number of hydrogen-bond acceptors (Lipinski definition) is 3. The highest BCUT2D eigenvalue weighted by Crippen LogP contribution is 2.33. The number of aromatic nitrogens is 2. The van der Waals surface area contributed by atoms with Gasteiger partial charge in [-0.15, -0.1) is 0 Å². The zero-order valence-electron chi connectivity index (χ0n) is 10.7. The summed E-state index contributed by atoms with van der Waals surface area (Å²) in [5, 5.41) is 14.3. The van der Waals surface area contributed by atoms with Crippen LogP contribution in [0.15, 0.2) is 12.3 Å². The third-order valence-electron chi connectivity index (χ3n) is 3.41. The third-order valence-corrected chi connectivity index (χ3v) is 3.41. The summed E-state index contributed by atoms with van der Waals surface area (Å²) in [6, 6.07) is 1.97. The average molecular weight is 238 g/mol. The summed E-state index contributed by atoms with van der Waals surface area (Å²) in [4.78, 5) is 0. The number of nitrogens with zero attached hydrogens (tertiary/aromatic N) is 2. The van der Waals surface area contributed by atoms with Crippen molar-refractivity contribution in [3.05, 3.63) is 18.0 Å². The van der Waals surface area contributed by atoms with Gasteiger partial charge in [-0.3, -0.25) is 4.68 Å². The molecule has 1 aliphatic rings. The Hall–Kier alpha value is -0.870. The predicted octanol–water partition coefficient (Wildman–Crippen LogP) is 1.53. The minimum absolute atomic E-state index is 0.266. The number of ether oxygens (including phenoxy) is 1. The third kappa shape index (κ3) is 3.54. The monoisotopic (exact) mass is 238 g/mol. The molecule has 0 saturated heterocycles. The van der Waals surface area contributed by atoms with Gasteiger partial charge in [-0.1, -0.05) is 0 Å². The predicted molar refractivity (Wildman–Crippen MR) is 65.7 cm³/mol. The summed E-state index contributed by atoms with van der Waals surface area (Å²) in [7, 11) is 1.90. The lowest BCUT2D eigenvalue weighted by molar-refractivity contribution is -0.0376. The van der Waals surface area contributed by atoms with Crippen LogP contribution in [0.4, 0.5) is 0 Å². The van der Waals surface area contributed by atoms with Gasteiger partial charge in [0.25, 0.3) is 0 Å². The van der Waals surface area contributed by atoms with Crippen LogP contribution >= 0.6 is 0 Å². The van der Waals surface area contributed by atoms with Gasteiger partial charge in [0.1, 0.15) is 0 Å². The molecule has 1 unspecified atom stereocenters. The van der Waals surface area contributed by atoms with Gasteiger partial charge in [0.15, 0.2) is 0 Å². The first-order chi connectivity index (χ1) is 8.17. The molecular weight excluding hydrogens is 216 g/mol. The van der Waals surface area contributed by atoms with Gasteiger partial charge in [0.2, 0.25) is 0 Å². The fourth-order valence-corrected chi connectivity index (χ4v) is 2.52. The van der Waals surface area contributed by atoms with Gasteiger partial charge in [-0.25, -0.2) is 0 Å². The second-order valence-electron chi connectivity index (χ2n) is 4.99. The van der Waals surface area contributed by atoms with Crippen molar-refractivity contribution in [2.75, 3.05) is 6.61 Å². The van der Waals surface area contributed by atoms with Crippen molar-refractivity contribution >= 4 is 0 Å². The molecule has 0 aliphatic heterocycles. The zero-order chi connectivity index (χ0) is 12.3. The Morgan fingerprint density at radius 1 is 1.59 bits per heavy atom. The van der Waals surface area contributed by atoms with Crippen molar-refractivity contribution in [2.45, 2.75) is 44.8 Å². The number of aliphatic hydroxyl groups is 1. The molecule has 4 heteroatoms. The minimum Gasteiger partial charge on any atom is -0.393 e. The molecule has 0 amide bonds. The molecular formula is C13H22N2O2. The van der Waals surface area contributed by atoms with E-state index in [1.54, 1.807) is 4.68 Å². The summed E-state index contributed by atoms with van der Waals surface area (Å²) >= 11 is 0. The van der Waals surface area contributed by atoms with Crippen LogP contribution in [-0.2, 0) is 18.2 Å². The Balaban J connectivity index is 1.67. The number of aliphatic hydroxyl groups excluding tert-OH is 1. The van der Waals surface area contributed by atoms with E-state index in [4.69, 9.17) is 4.74 Å². The molecule has 0 radical (unpaired) electrons. The molecule has 1 aromatic heterocycles. The van der Waals surface area contributed by atoms with Crippen LogP contribution in [0.2, 0.25) is 0 Å². The summed E-state index contributed by atoms with van der Waals surface area (Å²) in [6.07, 6.45) is 5.83. The Bertz CT molecular complexity index is 345. The van der Waals surface area contributed by atoms with Gasteiger partial charge < -0.3 is 9.84 Å². The lowest BCUT2D eigenvalue weighted by atomic mass is 9.78. The summed E-state index contributed by atoms with van der Waals surface area (Å²) in [5.41, 5.74) is 0.973. The van der Waals surface area contributed by atoms with E-state index in [0.717, 1.165) is 31.6 Å². The number of rotatable bonds is 6. The van der Waals surface area contributed by atoms with Gasteiger partial charge in [0, 0.05) is 26.3 Å². The average Bonchev–Trinajstić information content (AvgIpc) is 2.61. The van der Waals surface area contributed by atoms with Crippen molar-refractivity contribution in [2.24, 2.45) is 13.0 Å². The largest absolute Gasteiger partial charge is 0.393 e. The highest BCUT2D eigenvalue weighted by Gasteiger charge is 2.31. The Morgan fingerprint density at radius 2 is 2.35 bits per heavy atom. The van der Waals surface area contributed by atoms with Crippen LogP contribution in [0.5, 0.6) is 0 Å². The molecule has 17 heavy (non-hydrogen) atoms. The van der Waals surface area contributed by atoms with Gasteiger partial charge >= 0.3 is 0 Å². The first kappa shape index (κ1) is 12.6. The highest BCUT2D eigenvalue weighted by molar-refractivity contribution is 5.00. The first-order valence-corrected chi connectivity index (χ1v) is 6.45. The summed E-state index contributed by atoms with van der Waals surface area (Å²) in [6.45, 7) is 2.83. The Morgan fingerprint density at radius 3 is 2.94 bits per heavy atom. The lowest BCUT2D eigenvalue weighted by Crippen LogP contribution is -2.34. The number of aryl methyl sites for hydroxylation is 1. The molecule has 1 saturated carbocycles. The van der Waals surface area contributed by atoms with Crippen molar-refractivity contribution in [1.82, 2.24) is 9.78 Å². The van der Waals surface area contributed by atoms with E-state index in [2.05, 4.69) is 5.10 Å². The summed E-state index contributed by atoms with van der Waals surface area (Å²) in [5.74, 6) is 0.630. The van der Waals surface area contributed by atoms with Gasteiger partial charge in [-0.05, 0) is 38.2 Å². The van der Waals surface area contributed by atoms with E-state index in [-0.39, 0.29) is 6.10 Å². The van der Waals surface area contributed by atoms with Crippen LogP contribution in [0, 0.1) is 5.92 Å². The fourth-order valence-electron chi connectivity index (χ4n) is 2.52. The standard InChI is InChI=1S/C13H22N2O2/c1-3-17-13-7-10(8-13)6-12(16)9-11-4-5-15(2)14-11/h4-5,10,12-13,16H,3,6-9H2,1-2H3. The van der Waals surface area contributed by atoms with Gasteiger partial charge in [0.05, 0.1) is 17.9 Å². The maximum atomic E-state index is 9.97. The van der Waals surface area contributed by atoms with Crippen LogP contribution in [0.1, 0.15) is 31.9 Å². The molecule has 1 aromatic rings. The minimum atomic E-state index is -0.266. The molecule has 1 atom stereocenters. The highest BCUT2D eigenvalue weighted by atomic mass is 16.5. The van der Waals surface area contributed by atoms with Crippen LogP contribution in [0.25, 0.3) is 0 Å². The molecule has 1 N–H and O–H groups in total. The Kier molecular flexibility index (Phi) is 4.18. The van der Waals surface area contributed by atoms with Crippen molar-refractivity contribution in [1.29, 1.82) is 0 Å². The summed E-state index contributed by atoms with van der Waals surface area (Å²) < 4.78 is 7.29. The van der Waals surface area contributed by atoms with Gasteiger partial charge in [-0.2, -0.15) is 5.10 Å². The maximum absolute atomic E-state index is 9.97. The SMILES string of the molecule is CCOC1CC(CC(O)Cc2ccn(C)n2)C1. The van der Waals surface area contributed by atoms with E-state index in [1.165, 1.54) is 0 Å². The van der Waals surface area contributed by atoms with E-state index < -0.39 is 0 Å². The van der Waals surface area contributed by atoms with Crippen LogP contribution < -0.4 is 0 Å². The molecule has 4 nitrogen and oxygen atoms in total.